The van der Waals surface area contributed by atoms with Crippen molar-refractivity contribution >= 4 is 31.6 Å². The molecule has 4 rings (SSSR count). The third-order valence-electron chi connectivity index (χ3n) is 5.80. The number of hydrogen-bond donors (Lipinski definition) is 1. The number of carbonyl (C=O) groups is 1. The van der Waals surface area contributed by atoms with Gasteiger partial charge in [0, 0.05) is 45.1 Å². The summed E-state index contributed by atoms with van der Waals surface area (Å²) in [5.74, 6) is -0.813. The third-order valence-corrected chi connectivity index (χ3v) is 9.53. The normalized spacial score (nSPS) is 21.1. The van der Waals surface area contributed by atoms with Gasteiger partial charge in [0.25, 0.3) is 0 Å². The molecule has 2 aromatic rings. The molecule has 0 bridgehead atoms. The molecule has 1 aromatic carbocycles. The Morgan fingerprint density at radius 1 is 1.00 bits per heavy atom. The monoisotopic (exact) mass is 497 g/mol. The molecule has 13 heteroatoms. The van der Waals surface area contributed by atoms with Gasteiger partial charge < -0.3 is 10.1 Å². The Morgan fingerprint density at radius 2 is 1.67 bits per heavy atom. The van der Waals surface area contributed by atoms with Gasteiger partial charge in [-0.1, -0.05) is 0 Å². The first-order valence-corrected chi connectivity index (χ1v) is 13.5. The Morgan fingerprint density at radius 3 is 2.30 bits per heavy atom. The summed E-state index contributed by atoms with van der Waals surface area (Å²) >= 11 is 0. The number of morpholine rings is 1. The summed E-state index contributed by atoms with van der Waals surface area (Å²) in [6.07, 6.45) is 3.86. The van der Waals surface area contributed by atoms with Crippen molar-refractivity contribution in [2.24, 2.45) is 13.0 Å². The van der Waals surface area contributed by atoms with Crippen molar-refractivity contribution in [3.05, 3.63) is 36.7 Å². The number of aromatic nitrogens is 2. The lowest BCUT2D eigenvalue weighted by Gasteiger charge is -2.30. The summed E-state index contributed by atoms with van der Waals surface area (Å²) in [4.78, 5) is 13.1. The maximum absolute atomic E-state index is 12.9. The molecule has 3 heterocycles. The van der Waals surface area contributed by atoms with Crippen LogP contribution >= 0.6 is 0 Å². The smallest absolute Gasteiger partial charge is 0.246 e. The van der Waals surface area contributed by atoms with Gasteiger partial charge >= 0.3 is 0 Å². The maximum Gasteiger partial charge on any atom is 0.246 e. The standard InChI is InChI=1S/C20H27N5O6S2/c1-23-15-19(13-21-23)33(29,30)25-8-2-3-16(14-25)20(26)22-17-4-6-18(7-5-17)32(27,28)24-9-11-31-12-10-24/h4-7,13,15-16H,2-3,8-12,14H2,1H3,(H,22,26). The maximum atomic E-state index is 12.9. The molecule has 0 radical (unpaired) electrons. The highest BCUT2D eigenvalue weighted by Crippen LogP contribution is 2.25. The molecule has 180 valence electrons. The van der Waals surface area contributed by atoms with E-state index in [2.05, 4.69) is 10.4 Å². The molecule has 2 aliphatic rings. The van der Waals surface area contributed by atoms with E-state index in [0.29, 0.717) is 51.4 Å². The zero-order valence-corrected chi connectivity index (χ0v) is 19.9. The number of benzene rings is 1. The predicted molar refractivity (Wildman–Crippen MR) is 119 cm³/mol. The van der Waals surface area contributed by atoms with E-state index in [9.17, 15) is 21.6 Å². The largest absolute Gasteiger partial charge is 0.379 e. The summed E-state index contributed by atoms with van der Waals surface area (Å²) < 4.78 is 60.5. The van der Waals surface area contributed by atoms with E-state index in [-0.39, 0.29) is 22.2 Å². The van der Waals surface area contributed by atoms with E-state index < -0.39 is 26.0 Å². The fourth-order valence-corrected chi connectivity index (χ4v) is 6.86. The molecular formula is C20H27N5O6S2. The van der Waals surface area contributed by atoms with Gasteiger partial charge in [-0.05, 0) is 37.1 Å². The number of aryl methyl sites for hydroxylation is 1. The fourth-order valence-electron chi connectivity index (χ4n) is 3.95. The van der Waals surface area contributed by atoms with E-state index in [1.807, 2.05) is 0 Å². The van der Waals surface area contributed by atoms with E-state index in [4.69, 9.17) is 4.74 Å². The number of nitrogens with zero attached hydrogens (tertiary/aromatic N) is 4. The minimum Gasteiger partial charge on any atom is -0.379 e. The first-order valence-electron chi connectivity index (χ1n) is 10.7. The second-order valence-electron chi connectivity index (χ2n) is 8.08. The number of nitrogens with one attached hydrogen (secondary N) is 1. The van der Waals surface area contributed by atoms with Crippen LogP contribution in [-0.4, -0.2) is 80.5 Å². The molecule has 0 spiro atoms. The summed E-state index contributed by atoms with van der Waals surface area (Å²) in [6.45, 7) is 1.76. The second kappa shape index (κ2) is 9.50. The van der Waals surface area contributed by atoms with Gasteiger partial charge in [-0.3, -0.25) is 9.48 Å². The molecule has 2 aliphatic heterocycles. The van der Waals surface area contributed by atoms with E-state index in [1.54, 1.807) is 7.05 Å². The van der Waals surface area contributed by atoms with Crippen LogP contribution in [0.2, 0.25) is 0 Å². The van der Waals surface area contributed by atoms with Crippen LogP contribution in [0.1, 0.15) is 12.8 Å². The summed E-state index contributed by atoms with van der Waals surface area (Å²) in [5.41, 5.74) is 0.452. The van der Waals surface area contributed by atoms with Gasteiger partial charge in [0.2, 0.25) is 26.0 Å². The Hall–Kier alpha value is -2.32. The van der Waals surface area contributed by atoms with Crippen LogP contribution in [0.25, 0.3) is 0 Å². The summed E-state index contributed by atoms with van der Waals surface area (Å²) in [7, 11) is -5.70. The Labute approximate surface area is 193 Å². The number of hydrogen-bond acceptors (Lipinski definition) is 7. The topological polar surface area (TPSA) is 131 Å². The van der Waals surface area contributed by atoms with Crippen molar-refractivity contribution in [2.75, 3.05) is 44.7 Å². The molecule has 0 aliphatic carbocycles. The minimum atomic E-state index is -3.72. The molecule has 11 nitrogen and oxygen atoms in total. The first kappa shape index (κ1) is 23.8. The number of rotatable bonds is 6. The molecule has 1 atom stereocenters. The number of anilines is 1. The predicted octanol–water partition coefficient (Wildman–Crippen LogP) is 0.480. The molecule has 1 amide bonds. The molecule has 1 unspecified atom stereocenters. The van der Waals surface area contributed by atoms with E-state index >= 15 is 0 Å². The summed E-state index contributed by atoms with van der Waals surface area (Å²) in [5, 5.41) is 6.70. The van der Waals surface area contributed by atoms with Crippen LogP contribution in [-0.2, 0) is 36.6 Å². The van der Waals surface area contributed by atoms with Gasteiger partial charge in [-0.25, -0.2) is 16.8 Å². The lowest BCUT2D eigenvalue weighted by molar-refractivity contribution is -0.120. The molecule has 1 N–H and O–H groups in total. The van der Waals surface area contributed by atoms with Gasteiger partial charge in [0.1, 0.15) is 4.90 Å². The van der Waals surface area contributed by atoms with Crippen LogP contribution < -0.4 is 5.32 Å². The molecule has 33 heavy (non-hydrogen) atoms. The highest BCUT2D eigenvalue weighted by atomic mass is 32.2. The van der Waals surface area contributed by atoms with Crippen LogP contribution in [0.4, 0.5) is 5.69 Å². The van der Waals surface area contributed by atoms with Crippen molar-refractivity contribution in [3.8, 4) is 0 Å². The lowest BCUT2D eigenvalue weighted by atomic mass is 9.99. The molecule has 1 aromatic heterocycles. The van der Waals surface area contributed by atoms with Crippen LogP contribution in [0.15, 0.2) is 46.5 Å². The minimum absolute atomic E-state index is 0.0759. The van der Waals surface area contributed by atoms with E-state index in [1.165, 1.54) is 50.0 Å². The van der Waals surface area contributed by atoms with Crippen molar-refractivity contribution in [2.45, 2.75) is 22.6 Å². The van der Waals surface area contributed by atoms with Crippen molar-refractivity contribution in [1.29, 1.82) is 0 Å². The van der Waals surface area contributed by atoms with Gasteiger partial charge in [-0.15, -0.1) is 0 Å². The fraction of sp³-hybridized carbons (Fsp3) is 0.500. The number of carbonyl (C=O) groups excluding carboxylic acids is 1. The van der Waals surface area contributed by atoms with Crippen LogP contribution in [0.3, 0.4) is 0 Å². The Kier molecular flexibility index (Phi) is 6.86. The first-order chi connectivity index (χ1) is 15.7. The highest BCUT2D eigenvalue weighted by Gasteiger charge is 2.34. The molecule has 2 fully saturated rings. The lowest BCUT2D eigenvalue weighted by Crippen LogP contribution is -2.43. The average molecular weight is 498 g/mol. The molecular weight excluding hydrogens is 470 g/mol. The van der Waals surface area contributed by atoms with Crippen molar-refractivity contribution in [3.63, 3.8) is 0 Å². The quantitative estimate of drug-likeness (QED) is 0.614. The Bertz CT molecular complexity index is 1200. The van der Waals surface area contributed by atoms with Gasteiger partial charge in [0.05, 0.1) is 30.2 Å². The SMILES string of the molecule is Cn1cc(S(=O)(=O)N2CCCC(C(=O)Nc3ccc(S(=O)(=O)N4CCOCC4)cc3)C2)cn1. The number of sulfonamides is 2. The zero-order valence-electron chi connectivity index (χ0n) is 18.3. The number of piperidine rings is 1. The Balaban J connectivity index is 1.40. The van der Waals surface area contributed by atoms with Gasteiger partial charge in [-0.2, -0.15) is 13.7 Å². The van der Waals surface area contributed by atoms with Crippen LogP contribution in [0, 0.1) is 5.92 Å². The molecule has 0 saturated carbocycles. The summed E-state index contributed by atoms with van der Waals surface area (Å²) in [6, 6.07) is 6.00. The van der Waals surface area contributed by atoms with Crippen molar-refractivity contribution in [1.82, 2.24) is 18.4 Å². The van der Waals surface area contributed by atoms with Crippen molar-refractivity contribution < 1.29 is 26.4 Å². The third kappa shape index (κ3) is 5.11. The zero-order chi connectivity index (χ0) is 23.6. The highest BCUT2D eigenvalue weighted by molar-refractivity contribution is 7.89. The second-order valence-corrected chi connectivity index (χ2v) is 12.0. The number of amides is 1. The van der Waals surface area contributed by atoms with E-state index in [0.717, 1.165) is 0 Å². The average Bonchev–Trinajstić information content (AvgIpc) is 3.27. The molecule has 2 saturated heterocycles. The van der Waals surface area contributed by atoms with Gasteiger partial charge in [0.15, 0.2) is 0 Å². The van der Waals surface area contributed by atoms with Crippen LogP contribution in [0.5, 0.6) is 0 Å². The number of ether oxygens (including phenoxy) is 1.